The lowest BCUT2D eigenvalue weighted by molar-refractivity contribution is -0.167. The van der Waals surface area contributed by atoms with Crippen molar-refractivity contribution in [3.05, 3.63) is 35.9 Å². The molecule has 4 heteroatoms. The highest BCUT2D eigenvalue weighted by atomic mass is 16.6. The quantitative estimate of drug-likeness (QED) is 0.837. The molecule has 0 aromatic heterocycles. The molecule has 1 aliphatic rings. The van der Waals surface area contributed by atoms with Crippen LogP contribution in [0.3, 0.4) is 0 Å². The van der Waals surface area contributed by atoms with E-state index < -0.39 is 11.6 Å². The van der Waals surface area contributed by atoms with Crippen molar-refractivity contribution < 1.29 is 19.4 Å². The number of hydrogen-bond donors (Lipinski definition) is 1. The van der Waals surface area contributed by atoms with Crippen molar-refractivity contribution in [1.29, 1.82) is 0 Å². The van der Waals surface area contributed by atoms with Gasteiger partial charge in [0, 0.05) is 6.42 Å². The molecule has 4 nitrogen and oxygen atoms in total. The zero-order chi connectivity index (χ0) is 11.4. The number of carbonyl (C=O) groups is 1. The Morgan fingerprint density at radius 3 is 2.75 bits per heavy atom. The molecule has 1 aromatic carbocycles. The topological polar surface area (TPSA) is 55.8 Å². The van der Waals surface area contributed by atoms with Gasteiger partial charge >= 0.3 is 5.97 Å². The third-order valence-corrected chi connectivity index (χ3v) is 2.73. The molecule has 16 heavy (non-hydrogen) atoms. The fourth-order valence-electron chi connectivity index (χ4n) is 1.69. The molecule has 0 spiro atoms. The molecule has 0 amide bonds. The summed E-state index contributed by atoms with van der Waals surface area (Å²) >= 11 is 0. The Hall–Kier alpha value is -1.39. The van der Waals surface area contributed by atoms with Crippen LogP contribution >= 0.6 is 0 Å². The first-order valence-corrected chi connectivity index (χ1v) is 5.22. The largest absolute Gasteiger partial charge is 0.479 e. The fourth-order valence-corrected chi connectivity index (χ4v) is 1.69. The number of carboxylic acid groups (broad SMARTS) is 1. The third-order valence-electron chi connectivity index (χ3n) is 2.73. The standard InChI is InChI=1S/C12H14O4/c13-11(14)12(6-7-15-9-12)16-8-10-4-2-1-3-5-10/h1-5H,6-9H2,(H,13,14). The molecule has 1 unspecified atom stereocenters. The van der Waals surface area contributed by atoms with E-state index in [1.54, 1.807) is 0 Å². The van der Waals surface area contributed by atoms with E-state index in [9.17, 15) is 4.79 Å². The molecule has 0 saturated carbocycles. The van der Waals surface area contributed by atoms with E-state index in [1.165, 1.54) is 0 Å². The molecule has 1 aliphatic heterocycles. The highest BCUT2D eigenvalue weighted by Crippen LogP contribution is 2.25. The maximum absolute atomic E-state index is 11.1. The number of benzene rings is 1. The van der Waals surface area contributed by atoms with Gasteiger partial charge in [0.2, 0.25) is 0 Å². The first-order chi connectivity index (χ1) is 7.73. The molecule has 1 fully saturated rings. The number of aliphatic carboxylic acids is 1. The van der Waals surface area contributed by atoms with E-state index in [0.717, 1.165) is 5.56 Å². The lowest BCUT2D eigenvalue weighted by Gasteiger charge is -2.22. The van der Waals surface area contributed by atoms with Crippen LogP contribution in [0.1, 0.15) is 12.0 Å². The molecule has 0 radical (unpaired) electrons. The van der Waals surface area contributed by atoms with Crippen LogP contribution in [0.4, 0.5) is 0 Å². The smallest absolute Gasteiger partial charge is 0.338 e. The van der Waals surface area contributed by atoms with Gasteiger partial charge in [0.15, 0.2) is 5.60 Å². The Morgan fingerprint density at radius 1 is 1.44 bits per heavy atom. The van der Waals surface area contributed by atoms with Gasteiger partial charge < -0.3 is 14.6 Å². The minimum absolute atomic E-state index is 0.134. The molecular formula is C12H14O4. The van der Waals surface area contributed by atoms with Gasteiger partial charge in [-0.15, -0.1) is 0 Å². The highest BCUT2D eigenvalue weighted by Gasteiger charge is 2.43. The van der Waals surface area contributed by atoms with Crippen LogP contribution < -0.4 is 0 Å². The highest BCUT2D eigenvalue weighted by molar-refractivity contribution is 5.78. The second kappa shape index (κ2) is 4.63. The first kappa shape index (κ1) is 11.1. The van der Waals surface area contributed by atoms with Crippen molar-refractivity contribution in [2.45, 2.75) is 18.6 Å². The van der Waals surface area contributed by atoms with Crippen LogP contribution in [0.2, 0.25) is 0 Å². The van der Waals surface area contributed by atoms with Crippen molar-refractivity contribution in [3.8, 4) is 0 Å². The summed E-state index contributed by atoms with van der Waals surface area (Å²) in [6.07, 6.45) is 0.412. The summed E-state index contributed by atoms with van der Waals surface area (Å²) in [6.45, 7) is 0.882. The molecule has 0 aliphatic carbocycles. The van der Waals surface area contributed by atoms with Crippen molar-refractivity contribution in [3.63, 3.8) is 0 Å². The van der Waals surface area contributed by atoms with Crippen LogP contribution in [-0.2, 0) is 20.9 Å². The minimum atomic E-state index is -1.16. The summed E-state index contributed by atoms with van der Waals surface area (Å²) in [7, 11) is 0. The van der Waals surface area contributed by atoms with Gasteiger partial charge in [-0.2, -0.15) is 0 Å². The fraction of sp³-hybridized carbons (Fsp3) is 0.417. The van der Waals surface area contributed by atoms with Crippen LogP contribution in [0.25, 0.3) is 0 Å². The zero-order valence-electron chi connectivity index (χ0n) is 8.89. The predicted molar refractivity (Wildman–Crippen MR) is 57.0 cm³/mol. The van der Waals surface area contributed by atoms with Crippen molar-refractivity contribution in [2.24, 2.45) is 0 Å². The van der Waals surface area contributed by atoms with E-state index in [-0.39, 0.29) is 6.61 Å². The second-order valence-electron chi connectivity index (χ2n) is 3.88. The molecule has 1 atom stereocenters. The van der Waals surface area contributed by atoms with Crippen LogP contribution in [0, 0.1) is 0 Å². The van der Waals surface area contributed by atoms with Gasteiger partial charge in [0.05, 0.1) is 19.8 Å². The summed E-state index contributed by atoms with van der Waals surface area (Å²) in [5.74, 6) is -0.944. The Morgan fingerprint density at radius 2 is 2.19 bits per heavy atom. The third kappa shape index (κ3) is 2.23. The average molecular weight is 222 g/mol. The number of hydrogen-bond acceptors (Lipinski definition) is 3. The Balaban J connectivity index is 2.00. The molecule has 1 heterocycles. The molecule has 86 valence electrons. The van der Waals surface area contributed by atoms with Gasteiger partial charge in [-0.1, -0.05) is 30.3 Å². The maximum atomic E-state index is 11.1. The Bertz CT molecular complexity index is 355. The van der Waals surface area contributed by atoms with Gasteiger partial charge in [-0.3, -0.25) is 0 Å². The van der Waals surface area contributed by atoms with Gasteiger partial charge in [0.1, 0.15) is 0 Å². The lowest BCUT2D eigenvalue weighted by Crippen LogP contribution is -2.42. The van der Waals surface area contributed by atoms with E-state index in [0.29, 0.717) is 19.6 Å². The molecule has 1 aromatic rings. The number of ether oxygens (including phenoxy) is 2. The molecular weight excluding hydrogens is 208 g/mol. The van der Waals surface area contributed by atoms with Crippen LogP contribution in [-0.4, -0.2) is 29.9 Å². The first-order valence-electron chi connectivity index (χ1n) is 5.22. The zero-order valence-corrected chi connectivity index (χ0v) is 8.89. The Kier molecular flexibility index (Phi) is 3.22. The van der Waals surface area contributed by atoms with Gasteiger partial charge in [0.25, 0.3) is 0 Å². The van der Waals surface area contributed by atoms with Crippen molar-refractivity contribution in [2.75, 3.05) is 13.2 Å². The minimum Gasteiger partial charge on any atom is -0.479 e. The monoisotopic (exact) mass is 222 g/mol. The molecule has 2 rings (SSSR count). The second-order valence-corrected chi connectivity index (χ2v) is 3.88. The molecule has 0 bridgehead atoms. The Labute approximate surface area is 93.8 Å². The number of rotatable bonds is 4. The predicted octanol–water partition coefficient (Wildman–Crippen LogP) is 1.45. The summed E-state index contributed by atoms with van der Waals surface area (Å²) in [5, 5.41) is 9.14. The number of carboxylic acids is 1. The normalized spacial score (nSPS) is 24.5. The van der Waals surface area contributed by atoms with E-state index in [4.69, 9.17) is 14.6 Å². The van der Waals surface area contributed by atoms with E-state index >= 15 is 0 Å². The summed E-state index contributed by atoms with van der Waals surface area (Å²) in [4.78, 5) is 11.1. The van der Waals surface area contributed by atoms with E-state index in [1.807, 2.05) is 30.3 Å². The summed E-state index contributed by atoms with van der Waals surface area (Å²) in [5.41, 5.74) is -0.189. The van der Waals surface area contributed by atoms with Gasteiger partial charge in [-0.25, -0.2) is 4.79 Å². The van der Waals surface area contributed by atoms with Crippen LogP contribution in [0.5, 0.6) is 0 Å². The molecule has 1 N–H and O–H groups in total. The summed E-state index contributed by atoms with van der Waals surface area (Å²) < 4.78 is 10.6. The molecule has 1 saturated heterocycles. The van der Waals surface area contributed by atoms with Gasteiger partial charge in [-0.05, 0) is 5.56 Å². The van der Waals surface area contributed by atoms with Crippen LogP contribution in [0.15, 0.2) is 30.3 Å². The lowest BCUT2D eigenvalue weighted by atomic mass is 10.0. The van der Waals surface area contributed by atoms with Crippen molar-refractivity contribution >= 4 is 5.97 Å². The van der Waals surface area contributed by atoms with E-state index in [2.05, 4.69) is 0 Å². The summed E-state index contributed by atoms with van der Waals surface area (Å²) in [6, 6.07) is 9.53. The average Bonchev–Trinajstić information content (AvgIpc) is 2.78. The van der Waals surface area contributed by atoms with Crippen molar-refractivity contribution in [1.82, 2.24) is 0 Å². The SMILES string of the molecule is O=C(O)C1(OCc2ccccc2)CCOC1. The maximum Gasteiger partial charge on any atom is 0.338 e.